The molecule has 4 rings (SSSR count). The Morgan fingerprint density at radius 1 is 0.926 bits per heavy atom. The van der Waals surface area contributed by atoms with E-state index in [9.17, 15) is 14.4 Å². The summed E-state index contributed by atoms with van der Waals surface area (Å²) in [4.78, 5) is 43.9. The first-order chi connectivity index (χ1) is 13.1. The Hall–Kier alpha value is -1.59. The second-order valence-corrected chi connectivity index (χ2v) is 9.12. The molecular weight excluding hydrogens is 342 g/mol. The van der Waals surface area contributed by atoms with Crippen molar-refractivity contribution in [1.29, 1.82) is 0 Å². The van der Waals surface area contributed by atoms with Gasteiger partial charge in [-0.2, -0.15) is 0 Å². The van der Waals surface area contributed by atoms with E-state index >= 15 is 0 Å². The smallest absolute Gasteiger partial charge is 0.242 e. The minimum atomic E-state index is -0.361. The number of amides is 3. The molecule has 1 spiro atoms. The van der Waals surface area contributed by atoms with Crippen LogP contribution in [0.15, 0.2) is 0 Å². The van der Waals surface area contributed by atoms with E-state index in [-0.39, 0.29) is 29.7 Å². The lowest BCUT2D eigenvalue weighted by atomic mass is 9.77. The predicted molar refractivity (Wildman–Crippen MR) is 102 cm³/mol. The third-order valence-corrected chi connectivity index (χ3v) is 7.23. The average molecular weight is 376 g/mol. The van der Waals surface area contributed by atoms with Crippen LogP contribution in [0, 0.1) is 11.3 Å². The highest BCUT2D eigenvalue weighted by Crippen LogP contribution is 2.41. The molecule has 3 amide bonds. The van der Waals surface area contributed by atoms with Crippen molar-refractivity contribution in [3.63, 3.8) is 0 Å². The first kappa shape index (κ1) is 18.8. The van der Waals surface area contributed by atoms with Gasteiger partial charge in [-0.15, -0.1) is 0 Å². The molecule has 0 radical (unpaired) electrons. The molecule has 150 valence electrons. The van der Waals surface area contributed by atoms with Gasteiger partial charge >= 0.3 is 0 Å². The van der Waals surface area contributed by atoms with Crippen LogP contribution < -0.4 is 0 Å². The number of piperidine rings is 1. The molecule has 4 aliphatic rings. The molecule has 0 aromatic carbocycles. The van der Waals surface area contributed by atoms with Crippen molar-refractivity contribution in [3.05, 3.63) is 0 Å². The van der Waals surface area contributed by atoms with Crippen molar-refractivity contribution in [2.75, 3.05) is 39.3 Å². The van der Waals surface area contributed by atoms with Crippen LogP contribution in [0.5, 0.6) is 0 Å². The van der Waals surface area contributed by atoms with E-state index in [4.69, 9.17) is 0 Å². The lowest BCUT2D eigenvalue weighted by Crippen LogP contribution is -2.52. The van der Waals surface area contributed by atoms with Gasteiger partial charge in [0, 0.05) is 39.1 Å². The van der Waals surface area contributed by atoms with Gasteiger partial charge < -0.3 is 14.7 Å². The fourth-order valence-electron chi connectivity index (χ4n) is 5.25. The van der Waals surface area contributed by atoms with Gasteiger partial charge in [0.15, 0.2) is 0 Å². The highest BCUT2D eigenvalue weighted by atomic mass is 16.2. The molecular formula is C21H33N3O3. The minimum Gasteiger partial charge on any atom is -0.342 e. The fourth-order valence-corrected chi connectivity index (χ4v) is 5.25. The molecule has 3 saturated heterocycles. The van der Waals surface area contributed by atoms with Gasteiger partial charge in [0.2, 0.25) is 17.7 Å². The number of rotatable bonds is 4. The first-order valence-electron chi connectivity index (χ1n) is 10.9. The van der Waals surface area contributed by atoms with Crippen LogP contribution in [0.1, 0.15) is 64.2 Å². The van der Waals surface area contributed by atoms with E-state index in [2.05, 4.69) is 4.90 Å². The van der Waals surface area contributed by atoms with E-state index in [1.807, 2.05) is 4.90 Å². The zero-order valence-electron chi connectivity index (χ0n) is 16.5. The van der Waals surface area contributed by atoms with Crippen molar-refractivity contribution in [2.45, 2.75) is 64.2 Å². The topological polar surface area (TPSA) is 60.9 Å². The number of nitrogens with zero attached hydrogens (tertiary/aromatic N) is 3. The summed E-state index contributed by atoms with van der Waals surface area (Å²) in [5.41, 5.74) is -0.361. The quantitative estimate of drug-likeness (QED) is 0.755. The van der Waals surface area contributed by atoms with Crippen molar-refractivity contribution < 1.29 is 14.4 Å². The number of likely N-dealkylation sites (tertiary alicyclic amines) is 3. The maximum atomic E-state index is 13.2. The lowest BCUT2D eigenvalue weighted by Gasteiger charge is -2.42. The molecule has 27 heavy (non-hydrogen) atoms. The molecule has 6 heteroatoms. The second kappa shape index (κ2) is 7.80. The van der Waals surface area contributed by atoms with E-state index in [0.29, 0.717) is 32.0 Å². The summed E-state index contributed by atoms with van der Waals surface area (Å²) < 4.78 is 0. The van der Waals surface area contributed by atoms with Crippen LogP contribution >= 0.6 is 0 Å². The van der Waals surface area contributed by atoms with Crippen LogP contribution in [0.4, 0.5) is 0 Å². The molecule has 3 heterocycles. The molecule has 4 fully saturated rings. The van der Waals surface area contributed by atoms with E-state index in [1.165, 1.54) is 19.3 Å². The lowest BCUT2D eigenvalue weighted by molar-refractivity contribution is -0.148. The van der Waals surface area contributed by atoms with Crippen LogP contribution in [0.2, 0.25) is 0 Å². The van der Waals surface area contributed by atoms with E-state index < -0.39 is 0 Å². The number of hydrogen-bond donors (Lipinski definition) is 0. The Bertz CT molecular complexity index is 603. The summed E-state index contributed by atoms with van der Waals surface area (Å²) in [6, 6.07) is 0. The van der Waals surface area contributed by atoms with Crippen molar-refractivity contribution in [2.24, 2.45) is 11.3 Å². The molecule has 0 bridgehead atoms. The Labute approximate surface area is 162 Å². The van der Waals surface area contributed by atoms with Gasteiger partial charge in [-0.3, -0.25) is 14.4 Å². The Morgan fingerprint density at radius 2 is 1.74 bits per heavy atom. The second-order valence-electron chi connectivity index (χ2n) is 9.12. The zero-order valence-corrected chi connectivity index (χ0v) is 16.5. The maximum Gasteiger partial charge on any atom is 0.242 e. The molecule has 0 unspecified atom stereocenters. The van der Waals surface area contributed by atoms with Crippen molar-refractivity contribution in [3.8, 4) is 0 Å². The van der Waals surface area contributed by atoms with Crippen LogP contribution in [0.25, 0.3) is 0 Å². The molecule has 1 atom stereocenters. The average Bonchev–Trinajstić information content (AvgIpc) is 2.95. The molecule has 1 saturated carbocycles. The highest BCUT2D eigenvalue weighted by molar-refractivity contribution is 5.88. The Morgan fingerprint density at radius 3 is 2.52 bits per heavy atom. The summed E-state index contributed by atoms with van der Waals surface area (Å²) in [6.07, 6.45) is 10.1. The monoisotopic (exact) mass is 375 g/mol. The largest absolute Gasteiger partial charge is 0.342 e. The molecule has 1 aliphatic carbocycles. The summed E-state index contributed by atoms with van der Waals surface area (Å²) in [5, 5.41) is 0. The van der Waals surface area contributed by atoms with Crippen LogP contribution in [0.3, 0.4) is 0 Å². The molecule has 0 N–H and O–H groups in total. The van der Waals surface area contributed by atoms with E-state index in [1.54, 1.807) is 4.90 Å². The molecule has 0 aromatic rings. The highest BCUT2D eigenvalue weighted by Gasteiger charge is 2.49. The summed E-state index contributed by atoms with van der Waals surface area (Å²) >= 11 is 0. The first-order valence-corrected chi connectivity index (χ1v) is 10.9. The third-order valence-electron chi connectivity index (χ3n) is 7.23. The summed E-state index contributed by atoms with van der Waals surface area (Å²) in [7, 11) is 0. The van der Waals surface area contributed by atoms with E-state index in [0.717, 1.165) is 51.6 Å². The number of carbonyl (C=O) groups is 3. The predicted octanol–water partition coefficient (Wildman–Crippen LogP) is 2.03. The Balaban J connectivity index is 1.35. The zero-order chi connectivity index (χ0) is 18.9. The number of carbonyl (C=O) groups excluding carboxylic acids is 3. The van der Waals surface area contributed by atoms with Crippen LogP contribution in [-0.4, -0.2) is 71.7 Å². The standard InChI is InChI=1S/C21H33N3O3/c25-18-8-2-1-3-11-22(18)15-19(26)24-13-10-21(16-24)9-5-12-23(20(21)27)14-17-6-4-7-17/h17H,1-16H2/t21-/m1/s1. The maximum absolute atomic E-state index is 13.2. The summed E-state index contributed by atoms with van der Waals surface area (Å²) in [6.45, 7) is 3.88. The van der Waals surface area contributed by atoms with Crippen LogP contribution in [-0.2, 0) is 14.4 Å². The van der Waals surface area contributed by atoms with Gasteiger partial charge in [-0.25, -0.2) is 0 Å². The van der Waals surface area contributed by atoms with Gasteiger partial charge in [0.25, 0.3) is 0 Å². The van der Waals surface area contributed by atoms with Gasteiger partial charge in [-0.05, 0) is 50.9 Å². The van der Waals surface area contributed by atoms with Gasteiger partial charge in [0.1, 0.15) is 0 Å². The van der Waals surface area contributed by atoms with Crippen molar-refractivity contribution in [1.82, 2.24) is 14.7 Å². The minimum absolute atomic E-state index is 0.0195. The molecule has 3 aliphatic heterocycles. The summed E-state index contributed by atoms with van der Waals surface area (Å²) in [5.74, 6) is 1.10. The normalized spacial score (nSPS) is 30.0. The van der Waals surface area contributed by atoms with Gasteiger partial charge in [0.05, 0.1) is 12.0 Å². The fraction of sp³-hybridized carbons (Fsp3) is 0.857. The van der Waals surface area contributed by atoms with Crippen molar-refractivity contribution >= 4 is 17.7 Å². The SMILES string of the molecule is O=C1CCCCCN1CC(=O)N1CC[C@]2(CCCN(CC3CCC3)C2=O)C1. The number of hydrogen-bond acceptors (Lipinski definition) is 3. The third kappa shape index (κ3) is 3.85. The Kier molecular flexibility index (Phi) is 5.42. The van der Waals surface area contributed by atoms with Gasteiger partial charge in [-0.1, -0.05) is 12.8 Å². The molecule has 0 aromatic heterocycles. The molecule has 6 nitrogen and oxygen atoms in total.